The van der Waals surface area contributed by atoms with Crippen molar-refractivity contribution in [3.05, 3.63) is 23.1 Å². The maximum absolute atomic E-state index is 9.87. The average Bonchev–Trinajstić information content (AvgIpc) is 2.39. The van der Waals surface area contributed by atoms with Crippen molar-refractivity contribution in [1.29, 1.82) is 0 Å². The molecule has 0 saturated heterocycles. The van der Waals surface area contributed by atoms with Gasteiger partial charge in [0, 0.05) is 12.4 Å². The maximum atomic E-state index is 9.87. The van der Waals surface area contributed by atoms with Crippen LogP contribution < -0.4 is 0 Å². The molecule has 0 aromatic carbocycles. The lowest BCUT2D eigenvalue weighted by Crippen LogP contribution is -1.99. The van der Waals surface area contributed by atoms with Gasteiger partial charge in [-0.05, 0) is 0 Å². The van der Waals surface area contributed by atoms with E-state index in [1.165, 1.54) is 0 Å². The van der Waals surface area contributed by atoms with Gasteiger partial charge in [0.05, 0.1) is 6.54 Å². The molecule has 56 valence electrons. The Morgan fingerprint density at radius 2 is 2.64 bits per heavy atom. The monoisotopic (exact) mass is 149 g/mol. The van der Waals surface area contributed by atoms with Gasteiger partial charge >= 0.3 is 0 Å². The van der Waals surface area contributed by atoms with Crippen molar-refractivity contribution >= 4 is 0 Å². The third-order valence-electron chi connectivity index (χ3n) is 1.27. The first kappa shape index (κ1) is 7.48. The van der Waals surface area contributed by atoms with Gasteiger partial charge in [-0.2, -0.15) is 4.91 Å². The lowest BCUT2D eigenvalue weighted by molar-refractivity contribution is 0.749. The molecule has 0 aliphatic heterocycles. The van der Waals surface area contributed by atoms with Crippen molar-refractivity contribution in [1.82, 2.24) is 9.55 Å². The Balaban J connectivity index is 2.79. The molecule has 4 heteroatoms. The molecule has 0 bridgehead atoms. The molecule has 0 saturated carbocycles. The third-order valence-corrected chi connectivity index (χ3v) is 1.27. The molecule has 0 aliphatic carbocycles. The van der Waals surface area contributed by atoms with E-state index in [1.807, 2.05) is 0 Å². The fourth-order valence-corrected chi connectivity index (χ4v) is 0.792. The van der Waals surface area contributed by atoms with Crippen molar-refractivity contribution < 1.29 is 0 Å². The summed E-state index contributed by atoms with van der Waals surface area (Å²) in [5.74, 6) is 3.06. The van der Waals surface area contributed by atoms with E-state index in [0.29, 0.717) is 12.4 Å². The van der Waals surface area contributed by atoms with E-state index in [9.17, 15) is 4.91 Å². The molecule has 0 radical (unpaired) electrons. The van der Waals surface area contributed by atoms with Crippen LogP contribution in [-0.2, 0) is 13.1 Å². The molecular weight excluding hydrogens is 142 g/mol. The van der Waals surface area contributed by atoms with Gasteiger partial charge in [-0.15, -0.1) is 6.42 Å². The number of nitroso groups, excluding NO2 is 1. The predicted molar refractivity (Wildman–Crippen MR) is 40.6 cm³/mol. The number of imidazole rings is 1. The van der Waals surface area contributed by atoms with E-state index in [2.05, 4.69) is 16.1 Å². The average molecular weight is 149 g/mol. The molecule has 11 heavy (non-hydrogen) atoms. The van der Waals surface area contributed by atoms with Crippen LogP contribution in [0.5, 0.6) is 0 Å². The van der Waals surface area contributed by atoms with Crippen LogP contribution in [0.3, 0.4) is 0 Å². The number of hydrogen-bond acceptors (Lipinski definition) is 3. The van der Waals surface area contributed by atoms with Crippen LogP contribution in [0, 0.1) is 17.3 Å². The SMILES string of the molecule is C#CCn1ccnc1CN=O. The standard InChI is InChI=1S/C7H7N3O/c1-2-4-10-5-3-8-7(10)6-9-11/h1,3,5H,4,6H2. The van der Waals surface area contributed by atoms with Crippen LogP contribution >= 0.6 is 0 Å². The highest BCUT2D eigenvalue weighted by Gasteiger charge is 1.99. The number of nitrogens with zero attached hydrogens (tertiary/aromatic N) is 3. The second kappa shape index (κ2) is 3.52. The summed E-state index contributed by atoms with van der Waals surface area (Å²) in [5, 5.41) is 2.72. The Bertz CT molecular complexity index is 284. The van der Waals surface area contributed by atoms with Crippen molar-refractivity contribution in [2.45, 2.75) is 13.1 Å². The van der Waals surface area contributed by atoms with E-state index in [4.69, 9.17) is 6.42 Å². The summed E-state index contributed by atoms with van der Waals surface area (Å²) in [7, 11) is 0. The van der Waals surface area contributed by atoms with Gasteiger partial charge in [0.1, 0.15) is 12.4 Å². The highest BCUT2D eigenvalue weighted by molar-refractivity contribution is 4.97. The van der Waals surface area contributed by atoms with Gasteiger partial charge < -0.3 is 4.57 Å². The molecule has 0 aliphatic rings. The summed E-state index contributed by atoms with van der Waals surface area (Å²) < 4.78 is 1.71. The third kappa shape index (κ3) is 1.64. The molecule has 1 heterocycles. The summed E-state index contributed by atoms with van der Waals surface area (Å²) in [6.07, 6.45) is 8.40. The number of terminal acetylenes is 1. The van der Waals surface area contributed by atoms with E-state index < -0.39 is 0 Å². The molecule has 0 N–H and O–H groups in total. The van der Waals surface area contributed by atoms with Crippen molar-refractivity contribution in [2.24, 2.45) is 5.18 Å². The molecule has 0 amide bonds. The Hall–Kier alpha value is -1.63. The molecule has 0 fully saturated rings. The van der Waals surface area contributed by atoms with Gasteiger partial charge in [-0.25, -0.2) is 4.98 Å². The molecule has 1 rings (SSSR count). The Morgan fingerprint density at radius 3 is 3.27 bits per heavy atom. The molecule has 1 aromatic rings. The lowest BCUT2D eigenvalue weighted by Gasteiger charge is -1.97. The van der Waals surface area contributed by atoms with E-state index in [0.717, 1.165) is 0 Å². The van der Waals surface area contributed by atoms with Crippen LogP contribution in [0.25, 0.3) is 0 Å². The molecule has 0 atom stereocenters. The van der Waals surface area contributed by atoms with Gasteiger partial charge in [0.25, 0.3) is 0 Å². The predicted octanol–water partition coefficient (Wildman–Crippen LogP) is 0.783. The minimum atomic E-state index is 0.0781. The van der Waals surface area contributed by atoms with Crippen molar-refractivity contribution in [3.8, 4) is 12.3 Å². The smallest absolute Gasteiger partial charge is 0.139 e. The van der Waals surface area contributed by atoms with Crippen LogP contribution in [0.1, 0.15) is 5.82 Å². The van der Waals surface area contributed by atoms with Crippen molar-refractivity contribution in [3.63, 3.8) is 0 Å². The lowest BCUT2D eigenvalue weighted by atomic mass is 10.5. The summed E-state index contributed by atoms with van der Waals surface area (Å²) in [4.78, 5) is 13.8. The van der Waals surface area contributed by atoms with E-state index in [-0.39, 0.29) is 6.54 Å². The summed E-state index contributed by atoms with van der Waals surface area (Å²) in [6.45, 7) is 0.513. The van der Waals surface area contributed by atoms with Gasteiger partial charge in [0.15, 0.2) is 0 Å². The second-order valence-corrected chi connectivity index (χ2v) is 1.96. The fraction of sp³-hybridized carbons (Fsp3) is 0.286. The first-order chi connectivity index (χ1) is 5.38. The molecule has 1 aromatic heterocycles. The van der Waals surface area contributed by atoms with Crippen LogP contribution in [0.4, 0.5) is 0 Å². The molecule has 4 nitrogen and oxygen atoms in total. The van der Waals surface area contributed by atoms with E-state index >= 15 is 0 Å². The summed E-state index contributed by atoms with van der Waals surface area (Å²) >= 11 is 0. The van der Waals surface area contributed by atoms with Gasteiger partial charge in [-0.1, -0.05) is 11.1 Å². The summed E-state index contributed by atoms with van der Waals surface area (Å²) in [6, 6.07) is 0. The number of hydrogen-bond donors (Lipinski definition) is 0. The minimum absolute atomic E-state index is 0.0781. The van der Waals surface area contributed by atoms with E-state index in [1.54, 1.807) is 17.0 Å². The fourth-order valence-electron chi connectivity index (χ4n) is 0.792. The molecule has 0 unspecified atom stereocenters. The van der Waals surface area contributed by atoms with Crippen LogP contribution in [0.15, 0.2) is 17.6 Å². The van der Waals surface area contributed by atoms with Crippen molar-refractivity contribution in [2.75, 3.05) is 0 Å². The first-order valence-corrected chi connectivity index (χ1v) is 3.11. The second-order valence-electron chi connectivity index (χ2n) is 1.96. The molecular formula is C7H7N3O. The van der Waals surface area contributed by atoms with Crippen LogP contribution in [-0.4, -0.2) is 9.55 Å². The first-order valence-electron chi connectivity index (χ1n) is 3.11. The minimum Gasteiger partial charge on any atom is -0.322 e. The number of rotatable bonds is 3. The summed E-state index contributed by atoms with van der Waals surface area (Å²) in [5.41, 5.74) is 0. The quantitative estimate of drug-likeness (QED) is 0.471. The van der Waals surface area contributed by atoms with Gasteiger partial charge in [0.2, 0.25) is 0 Å². The van der Waals surface area contributed by atoms with Gasteiger partial charge in [-0.3, -0.25) is 0 Å². The Kier molecular flexibility index (Phi) is 2.39. The molecule has 0 spiro atoms. The topological polar surface area (TPSA) is 47.2 Å². The highest BCUT2D eigenvalue weighted by Crippen LogP contribution is 1.97. The zero-order valence-corrected chi connectivity index (χ0v) is 5.90. The van der Waals surface area contributed by atoms with Crippen LogP contribution in [0.2, 0.25) is 0 Å². The number of aromatic nitrogens is 2. The zero-order chi connectivity index (χ0) is 8.10. The normalized spacial score (nSPS) is 9.00. The Labute approximate surface area is 64.2 Å². The Morgan fingerprint density at radius 1 is 1.82 bits per heavy atom. The largest absolute Gasteiger partial charge is 0.322 e. The zero-order valence-electron chi connectivity index (χ0n) is 5.90. The highest BCUT2D eigenvalue weighted by atomic mass is 16.3. The maximum Gasteiger partial charge on any atom is 0.139 e.